The van der Waals surface area contributed by atoms with Gasteiger partial charge in [0.05, 0.1) is 5.52 Å². The maximum absolute atomic E-state index is 6.05. The van der Waals surface area contributed by atoms with Crippen molar-refractivity contribution in [3.8, 4) is 0 Å². The molecule has 0 spiro atoms. The van der Waals surface area contributed by atoms with E-state index in [0.717, 1.165) is 15.8 Å². The molecular formula is C10H8BrClN2. The second kappa shape index (κ2) is 2.97. The van der Waals surface area contributed by atoms with E-state index in [9.17, 15) is 0 Å². The van der Waals surface area contributed by atoms with Crippen molar-refractivity contribution in [3.05, 3.63) is 33.8 Å². The molecule has 2 heterocycles. The van der Waals surface area contributed by atoms with E-state index in [4.69, 9.17) is 11.6 Å². The van der Waals surface area contributed by atoms with Crippen molar-refractivity contribution >= 4 is 33.0 Å². The maximum Gasteiger partial charge on any atom is 0.155 e. The topological polar surface area (TPSA) is 17.3 Å². The van der Waals surface area contributed by atoms with Crippen LogP contribution in [0.25, 0.3) is 5.52 Å². The zero-order valence-electron chi connectivity index (χ0n) is 7.37. The van der Waals surface area contributed by atoms with E-state index in [1.807, 2.05) is 18.3 Å². The monoisotopic (exact) mass is 270 g/mol. The molecule has 72 valence electrons. The van der Waals surface area contributed by atoms with Gasteiger partial charge in [0, 0.05) is 16.6 Å². The lowest BCUT2D eigenvalue weighted by Gasteiger charge is -1.98. The Hall–Kier alpha value is -0.540. The molecular weight excluding hydrogens is 263 g/mol. The zero-order chi connectivity index (χ0) is 9.71. The fourth-order valence-corrected chi connectivity index (χ4v) is 2.25. The van der Waals surface area contributed by atoms with Gasteiger partial charge in [0.25, 0.3) is 0 Å². The van der Waals surface area contributed by atoms with Gasteiger partial charge >= 0.3 is 0 Å². The predicted molar refractivity (Wildman–Crippen MR) is 59.9 cm³/mol. The number of rotatable bonds is 1. The number of nitrogens with zero attached hydrogens (tertiary/aromatic N) is 2. The third-order valence-corrected chi connectivity index (χ3v) is 3.27. The molecule has 3 rings (SSSR count). The molecule has 0 N–H and O–H groups in total. The smallest absolute Gasteiger partial charge is 0.155 e. The highest BCUT2D eigenvalue weighted by molar-refractivity contribution is 9.10. The van der Waals surface area contributed by atoms with Gasteiger partial charge in [-0.1, -0.05) is 11.6 Å². The van der Waals surface area contributed by atoms with Crippen LogP contribution in [0.4, 0.5) is 0 Å². The van der Waals surface area contributed by atoms with Gasteiger partial charge < -0.3 is 4.40 Å². The first-order valence-electron chi connectivity index (χ1n) is 4.59. The van der Waals surface area contributed by atoms with E-state index in [0.29, 0.717) is 11.1 Å². The van der Waals surface area contributed by atoms with Crippen LogP contribution in [0.15, 0.2) is 22.8 Å². The minimum Gasteiger partial charge on any atom is -0.301 e. The minimum absolute atomic E-state index is 0.611. The lowest BCUT2D eigenvalue weighted by atomic mass is 10.4. The van der Waals surface area contributed by atoms with Crippen molar-refractivity contribution in [3.63, 3.8) is 0 Å². The summed E-state index contributed by atoms with van der Waals surface area (Å²) >= 11 is 9.51. The largest absolute Gasteiger partial charge is 0.301 e. The molecule has 1 aliphatic carbocycles. The van der Waals surface area contributed by atoms with Crippen LogP contribution in [0.3, 0.4) is 0 Å². The van der Waals surface area contributed by atoms with Crippen LogP contribution in [0, 0.1) is 0 Å². The first kappa shape index (κ1) is 8.74. The van der Waals surface area contributed by atoms with Crippen LogP contribution in [-0.2, 0) is 0 Å². The Morgan fingerprint density at radius 3 is 2.93 bits per heavy atom. The molecule has 0 amide bonds. The first-order chi connectivity index (χ1) is 6.75. The van der Waals surface area contributed by atoms with Crippen molar-refractivity contribution in [2.45, 2.75) is 18.8 Å². The average Bonchev–Trinajstić information content (AvgIpc) is 2.93. The summed E-state index contributed by atoms with van der Waals surface area (Å²) in [6.45, 7) is 0. The van der Waals surface area contributed by atoms with Crippen LogP contribution in [0.1, 0.15) is 24.6 Å². The van der Waals surface area contributed by atoms with Gasteiger partial charge in [-0.25, -0.2) is 4.98 Å². The van der Waals surface area contributed by atoms with E-state index in [2.05, 4.69) is 25.3 Å². The Morgan fingerprint density at radius 2 is 2.21 bits per heavy atom. The molecule has 2 aromatic rings. The van der Waals surface area contributed by atoms with Gasteiger partial charge in [0.2, 0.25) is 0 Å². The Kier molecular flexibility index (Phi) is 1.86. The number of hydrogen-bond donors (Lipinski definition) is 0. The molecule has 0 saturated heterocycles. The Balaban J connectivity index is 2.33. The van der Waals surface area contributed by atoms with E-state index >= 15 is 0 Å². The normalized spacial score (nSPS) is 16.4. The van der Waals surface area contributed by atoms with Crippen molar-refractivity contribution < 1.29 is 0 Å². The van der Waals surface area contributed by atoms with E-state index in [1.165, 1.54) is 12.8 Å². The number of halogens is 2. The second-order valence-electron chi connectivity index (χ2n) is 3.64. The van der Waals surface area contributed by atoms with Crippen LogP contribution in [0.2, 0.25) is 5.15 Å². The SMILES string of the molecule is Clc1nc(C2CC2)n2cc(Br)ccc12. The molecule has 0 aromatic carbocycles. The summed E-state index contributed by atoms with van der Waals surface area (Å²) in [4.78, 5) is 4.40. The minimum atomic E-state index is 0.611. The van der Waals surface area contributed by atoms with E-state index < -0.39 is 0 Å². The molecule has 14 heavy (non-hydrogen) atoms. The van der Waals surface area contributed by atoms with Crippen molar-refractivity contribution in [1.82, 2.24) is 9.38 Å². The molecule has 1 aliphatic rings. The van der Waals surface area contributed by atoms with Gasteiger partial charge in [-0.3, -0.25) is 0 Å². The highest BCUT2D eigenvalue weighted by Gasteiger charge is 2.28. The lowest BCUT2D eigenvalue weighted by molar-refractivity contribution is 0.919. The summed E-state index contributed by atoms with van der Waals surface area (Å²) in [5.41, 5.74) is 0.997. The van der Waals surface area contributed by atoms with Gasteiger partial charge in [0.1, 0.15) is 5.82 Å². The van der Waals surface area contributed by atoms with Crippen molar-refractivity contribution in [2.75, 3.05) is 0 Å². The zero-order valence-corrected chi connectivity index (χ0v) is 9.72. The highest BCUT2D eigenvalue weighted by atomic mass is 79.9. The van der Waals surface area contributed by atoms with Crippen molar-refractivity contribution in [1.29, 1.82) is 0 Å². The predicted octanol–water partition coefficient (Wildman–Crippen LogP) is 3.63. The third-order valence-electron chi connectivity index (χ3n) is 2.53. The third kappa shape index (κ3) is 1.27. The summed E-state index contributed by atoms with van der Waals surface area (Å²) in [7, 11) is 0. The molecule has 1 fully saturated rings. The molecule has 2 nitrogen and oxygen atoms in total. The fourth-order valence-electron chi connectivity index (χ4n) is 1.67. The number of fused-ring (bicyclic) bond motifs is 1. The number of pyridine rings is 1. The first-order valence-corrected chi connectivity index (χ1v) is 5.76. The summed E-state index contributed by atoms with van der Waals surface area (Å²) < 4.78 is 3.14. The molecule has 0 unspecified atom stereocenters. The van der Waals surface area contributed by atoms with Crippen LogP contribution in [0.5, 0.6) is 0 Å². The Bertz CT molecular complexity index is 502. The van der Waals surface area contributed by atoms with Crippen molar-refractivity contribution in [2.24, 2.45) is 0 Å². The average molecular weight is 272 g/mol. The van der Waals surface area contributed by atoms with Gasteiger partial charge in [-0.15, -0.1) is 0 Å². The standard InChI is InChI=1S/C10H8BrClN2/c11-7-3-4-8-9(12)13-10(6-1-2-6)14(8)5-7/h3-6H,1-2H2. The highest BCUT2D eigenvalue weighted by Crippen LogP contribution is 2.40. The molecule has 0 radical (unpaired) electrons. The summed E-state index contributed by atoms with van der Waals surface area (Å²) in [6, 6.07) is 3.98. The van der Waals surface area contributed by atoms with E-state index in [1.54, 1.807) is 0 Å². The Morgan fingerprint density at radius 1 is 1.43 bits per heavy atom. The lowest BCUT2D eigenvalue weighted by Crippen LogP contribution is -1.91. The van der Waals surface area contributed by atoms with Gasteiger partial charge in [-0.05, 0) is 40.9 Å². The van der Waals surface area contributed by atoms with Gasteiger partial charge in [0.15, 0.2) is 5.15 Å². The number of aromatic nitrogens is 2. The van der Waals surface area contributed by atoms with Gasteiger partial charge in [-0.2, -0.15) is 0 Å². The van der Waals surface area contributed by atoms with Crippen LogP contribution < -0.4 is 0 Å². The molecule has 2 aromatic heterocycles. The summed E-state index contributed by atoms with van der Waals surface area (Å²) in [5.74, 6) is 1.72. The summed E-state index contributed by atoms with van der Waals surface area (Å²) in [5, 5.41) is 0.611. The maximum atomic E-state index is 6.05. The quantitative estimate of drug-likeness (QED) is 0.774. The number of imidazole rings is 1. The summed E-state index contributed by atoms with van der Waals surface area (Å²) in [6.07, 6.45) is 4.51. The molecule has 1 saturated carbocycles. The second-order valence-corrected chi connectivity index (χ2v) is 4.91. The molecule has 0 atom stereocenters. The van der Waals surface area contributed by atoms with E-state index in [-0.39, 0.29) is 0 Å². The van der Waals surface area contributed by atoms with Crippen LogP contribution >= 0.6 is 27.5 Å². The fraction of sp³-hybridized carbons (Fsp3) is 0.300. The van der Waals surface area contributed by atoms with Crippen LogP contribution in [-0.4, -0.2) is 9.38 Å². The molecule has 0 aliphatic heterocycles. The Labute approximate surface area is 95.0 Å². The number of hydrogen-bond acceptors (Lipinski definition) is 1. The molecule has 0 bridgehead atoms. The molecule has 4 heteroatoms.